The summed E-state index contributed by atoms with van der Waals surface area (Å²) in [4.78, 5) is 0. The molecule has 0 amide bonds. The van der Waals surface area contributed by atoms with Gasteiger partial charge in [0.15, 0.2) is 0 Å². The van der Waals surface area contributed by atoms with Crippen molar-refractivity contribution >= 4 is 32.3 Å². The largest absolute Gasteiger partial charge is 0.434 e. The van der Waals surface area contributed by atoms with E-state index in [1.807, 2.05) is 42.5 Å². The second-order valence-corrected chi connectivity index (χ2v) is 4.80. The summed E-state index contributed by atoms with van der Waals surface area (Å²) in [6, 6.07) is 17.3. The van der Waals surface area contributed by atoms with E-state index in [-0.39, 0.29) is 5.75 Å². The fourth-order valence-electron chi connectivity index (χ4n) is 2.92. The molecule has 0 saturated heterocycles. The monoisotopic (exact) mass is 268 g/mol. The lowest BCUT2D eigenvalue weighted by Gasteiger charge is -2.14. The number of rotatable bonds is 2. The smallest absolute Gasteiger partial charge is 0.387 e. The highest BCUT2D eigenvalue weighted by Crippen LogP contribution is 2.39. The number of hydrogen-bond donors (Lipinski definition) is 0. The maximum Gasteiger partial charge on any atom is 0.387 e. The molecule has 0 unspecified atom stereocenters. The SMILES string of the molecule is FC(F)Oc1cc2cccc3ccc4cccc1c4c32. The van der Waals surface area contributed by atoms with Crippen LogP contribution in [0, 0.1) is 0 Å². The van der Waals surface area contributed by atoms with Crippen molar-refractivity contribution in [1.82, 2.24) is 0 Å². The molecule has 0 radical (unpaired) electrons. The molecule has 4 aromatic carbocycles. The number of alkyl halides is 2. The molecule has 1 nitrogen and oxygen atoms in total. The van der Waals surface area contributed by atoms with Gasteiger partial charge in [-0.1, -0.05) is 48.5 Å². The quantitative estimate of drug-likeness (QED) is 0.455. The number of hydrogen-bond acceptors (Lipinski definition) is 1. The molecule has 0 aliphatic rings. The van der Waals surface area contributed by atoms with Crippen molar-refractivity contribution in [2.45, 2.75) is 6.61 Å². The lowest BCUT2D eigenvalue weighted by Crippen LogP contribution is -2.02. The van der Waals surface area contributed by atoms with E-state index in [1.165, 1.54) is 0 Å². The first-order chi connectivity index (χ1) is 9.74. The maximum atomic E-state index is 12.6. The molecule has 0 aromatic heterocycles. The highest BCUT2D eigenvalue weighted by molar-refractivity contribution is 6.24. The van der Waals surface area contributed by atoms with Crippen LogP contribution >= 0.6 is 0 Å². The van der Waals surface area contributed by atoms with Crippen molar-refractivity contribution in [2.24, 2.45) is 0 Å². The number of benzene rings is 4. The normalized spacial score (nSPS) is 11.9. The van der Waals surface area contributed by atoms with Gasteiger partial charge in [-0.2, -0.15) is 8.78 Å². The van der Waals surface area contributed by atoms with Gasteiger partial charge in [0.2, 0.25) is 0 Å². The van der Waals surface area contributed by atoms with Crippen molar-refractivity contribution < 1.29 is 13.5 Å². The van der Waals surface area contributed by atoms with Gasteiger partial charge in [0.1, 0.15) is 5.75 Å². The molecular weight excluding hydrogens is 258 g/mol. The predicted molar refractivity (Wildman–Crippen MR) is 76.8 cm³/mol. The van der Waals surface area contributed by atoms with Gasteiger partial charge in [-0.05, 0) is 27.6 Å². The predicted octanol–water partition coefficient (Wildman–Crippen LogP) is 5.19. The van der Waals surface area contributed by atoms with Gasteiger partial charge in [-0.3, -0.25) is 0 Å². The Bertz CT molecular complexity index is 915. The molecular formula is C17H10F2O. The Balaban J connectivity index is 2.24. The van der Waals surface area contributed by atoms with Crippen molar-refractivity contribution in [3.8, 4) is 5.75 Å². The van der Waals surface area contributed by atoms with Crippen LogP contribution in [0.2, 0.25) is 0 Å². The molecule has 0 aliphatic heterocycles. The summed E-state index contributed by atoms with van der Waals surface area (Å²) in [6.07, 6.45) is 0. The Morgan fingerprint density at radius 2 is 1.40 bits per heavy atom. The number of halogens is 2. The molecule has 0 heterocycles. The van der Waals surface area contributed by atoms with Crippen LogP contribution in [-0.4, -0.2) is 6.61 Å². The van der Waals surface area contributed by atoms with E-state index in [2.05, 4.69) is 6.07 Å². The van der Waals surface area contributed by atoms with Crippen LogP contribution in [0.5, 0.6) is 5.75 Å². The van der Waals surface area contributed by atoms with E-state index in [1.54, 1.807) is 6.07 Å². The first-order valence-electron chi connectivity index (χ1n) is 6.35. The minimum atomic E-state index is -2.82. The zero-order chi connectivity index (χ0) is 13.7. The fourth-order valence-corrected chi connectivity index (χ4v) is 2.92. The van der Waals surface area contributed by atoms with E-state index < -0.39 is 6.61 Å². The van der Waals surface area contributed by atoms with Crippen LogP contribution in [-0.2, 0) is 0 Å². The van der Waals surface area contributed by atoms with Gasteiger partial charge < -0.3 is 4.74 Å². The standard InChI is InChI=1S/C17H10F2O/c18-17(19)20-14-9-12-5-1-3-10-7-8-11-4-2-6-13(14)16(11)15(10)12/h1-9,17H. The highest BCUT2D eigenvalue weighted by Gasteiger charge is 2.14. The molecule has 0 saturated carbocycles. The highest BCUT2D eigenvalue weighted by atomic mass is 19.3. The Morgan fingerprint density at radius 3 is 2.15 bits per heavy atom. The third kappa shape index (κ3) is 1.53. The van der Waals surface area contributed by atoms with Crippen LogP contribution < -0.4 is 4.74 Å². The van der Waals surface area contributed by atoms with Crippen molar-refractivity contribution in [1.29, 1.82) is 0 Å². The number of ether oxygens (including phenoxy) is 1. The van der Waals surface area contributed by atoms with Crippen LogP contribution in [0.1, 0.15) is 0 Å². The second kappa shape index (κ2) is 4.04. The lowest BCUT2D eigenvalue weighted by atomic mass is 9.94. The third-order valence-electron chi connectivity index (χ3n) is 3.69. The van der Waals surface area contributed by atoms with Crippen LogP contribution in [0.4, 0.5) is 8.78 Å². The molecule has 3 heteroatoms. The minimum Gasteiger partial charge on any atom is -0.434 e. The van der Waals surface area contributed by atoms with Crippen LogP contribution in [0.15, 0.2) is 54.6 Å². The molecule has 4 rings (SSSR count). The summed E-state index contributed by atoms with van der Waals surface area (Å²) in [5.41, 5.74) is 0. The van der Waals surface area contributed by atoms with E-state index in [0.717, 1.165) is 32.3 Å². The summed E-state index contributed by atoms with van der Waals surface area (Å²) in [5.74, 6) is 0.233. The molecule has 0 atom stereocenters. The van der Waals surface area contributed by atoms with E-state index >= 15 is 0 Å². The summed E-state index contributed by atoms with van der Waals surface area (Å²) in [6.45, 7) is -2.82. The molecule has 0 aliphatic carbocycles. The minimum absolute atomic E-state index is 0.233. The summed E-state index contributed by atoms with van der Waals surface area (Å²) in [7, 11) is 0. The Kier molecular flexibility index (Phi) is 2.30. The van der Waals surface area contributed by atoms with E-state index in [9.17, 15) is 8.78 Å². The Labute approximate surface area is 113 Å². The van der Waals surface area contributed by atoms with E-state index in [4.69, 9.17) is 4.74 Å². The summed E-state index contributed by atoms with van der Waals surface area (Å²) >= 11 is 0. The molecule has 98 valence electrons. The van der Waals surface area contributed by atoms with Gasteiger partial charge in [0, 0.05) is 10.8 Å². The van der Waals surface area contributed by atoms with Gasteiger partial charge in [0.25, 0.3) is 0 Å². The van der Waals surface area contributed by atoms with Crippen molar-refractivity contribution in [3.63, 3.8) is 0 Å². The first kappa shape index (κ1) is 11.4. The van der Waals surface area contributed by atoms with Crippen LogP contribution in [0.3, 0.4) is 0 Å². The van der Waals surface area contributed by atoms with Gasteiger partial charge in [0.05, 0.1) is 0 Å². The first-order valence-corrected chi connectivity index (χ1v) is 6.35. The van der Waals surface area contributed by atoms with Gasteiger partial charge in [-0.15, -0.1) is 0 Å². The topological polar surface area (TPSA) is 9.23 Å². The Hall–Kier alpha value is -2.42. The molecule has 0 bridgehead atoms. The maximum absolute atomic E-state index is 12.6. The molecule has 0 spiro atoms. The average Bonchev–Trinajstić information content (AvgIpc) is 2.45. The molecule has 0 N–H and O–H groups in total. The molecule has 4 aromatic rings. The zero-order valence-electron chi connectivity index (χ0n) is 10.4. The van der Waals surface area contributed by atoms with Crippen molar-refractivity contribution in [3.05, 3.63) is 54.6 Å². The molecule has 20 heavy (non-hydrogen) atoms. The summed E-state index contributed by atoms with van der Waals surface area (Å²) < 4.78 is 29.9. The van der Waals surface area contributed by atoms with Gasteiger partial charge in [-0.25, -0.2) is 0 Å². The lowest BCUT2D eigenvalue weighted by molar-refractivity contribution is -0.0487. The van der Waals surface area contributed by atoms with Gasteiger partial charge >= 0.3 is 6.61 Å². The zero-order valence-corrected chi connectivity index (χ0v) is 10.4. The average molecular weight is 268 g/mol. The van der Waals surface area contributed by atoms with Crippen molar-refractivity contribution in [2.75, 3.05) is 0 Å². The third-order valence-corrected chi connectivity index (χ3v) is 3.69. The van der Waals surface area contributed by atoms with E-state index in [0.29, 0.717) is 0 Å². The fraction of sp³-hybridized carbons (Fsp3) is 0.0588. The molecule has 0 fully saturated rings. The second-order valence-electron chi connectivity index (χ2n) is 4.80. The van der Waals surface area contributed by atoms with Crippen LogP contribution in [0.25, 0.3) is 32.3 Å². The summed E-state index contributed by atoms with van der Waals surface area (Å²) in [5, 5.41) is 5.87. The Morgan fingerprint density at radius 1 is 0.750 bits per heavy atom.